The second-order valence-corrected chi connectivity index (χ2v) is 13.1. The minimum Gasteiger partial charge on any atom is -0.487 e. The minimum atomic E-state index is -0.307. The quantitative estimate of drug-likeness (QED) is 0.331. The maximum atomic E-state index is 7.37. The lowest BCUT2D eigenvalue weighted by molar-refractivity contribution is 0.177. The highest BCUT2D eigenvalue weighted by molar-refractivity contribution is 6.31. The second kappa shape index (κ2) is 13.2. The van der Waals surface area contributed by atoms with E-state index in [1.54, 1.807) is 6.07 Å². The summed E-state index contributed by atoms with van der Waals surface area (Å²) in [6.07, 6.45) is 4.45. The highest BCUT2D eigenvalue weighted by atomic mass is 35.5. The van der Waals surface area contributed by atoms with E-state index in [1.165, 1.54) is 45.6 Å². The number of piperazine rings is 1. The van der Waals surface area contributed by atoms with E-state index in [9.17, 15) is 0 Å². The van der Waals surface area contributed by atoms with Crippen LogP contribution in [0.15, 0.2) is 54.7 Å². The van der Waals surface area contributed by atoms with Crippen LogP contribution in [0.4, 0.5) is 11.6 Å². The molecular weight excluding hydrogens is 558 g/mol. The smallest absolute Gasteiger partial charge is 0.225 e. The molecule has 2 aromatic carbocycles. The summed E-state index contributed by atoms with van der Waals surface area (Å²) in [7, 11) is 0. The van der Waals surface area contributed by atoms with Crippen LogP contribution < -0.4 is 15.0 Å². The van der Waals surface area contributed by atoms with E-state index in [-0.39, 0.29) is 5.41 Å². The van der Waals surface area contributed by atoms with Crippen LogP contribution in [0.1, 0.15) is 43.5 Å². The Morgan fingerprint density at radius 3 is 2.58 bits per heavy atom. The normalized spacial score (nSPS) is 21.7. The zero-order chi connectivity index (χ0) is 29.8. The van der Waals surface area contributed by atoms with Crippen molar-refractivity contribution in [2.45, 2.75) is 44.8 Å². The van der Waals surface area contributed by atoms with Crippen molar-refractivity contribution in [1.29, 1.82) is 0 Å². The molecule has 9 heteroatoms. The number of nitrogens with zero attached hydrogens (tertiary/aromatic N) is 6. The molecule has 0 aliphatic carbocycles. The summed E-state index contributed by atoms with van der Waals surface area (Å²) in [4.78, 5) is 20.7. The van der Waals surface area contributed by atoms with Crippen LogP contribution in [-0.2, 0) is 12.0 Å². The van der Waals surface area contributed by atoms with Crippen molar-refractivity contribution >= 4 is 23.2 Å². The topological polar surface area (TPSA) is 61.1 Å². The van der Waals surface area contributed by atoms with E-state index in [2.05, 4.69) is 55.8 Å². The lowest BCUT2D eigenvalue weighted by atomic mass is 9.78. The van der Waals surface area contributed by atoms with Crippen LogP contribution in [0.25, 0.3) is 4.85 Å². The monoisotopic (exact) mass is 599 g/mol. The largest absolute Gasteiger partial charge is 0.487 e. The predicted molar refractivity (Wildman–Crippen MR) is 172 cm³/mol. The molecule has 2 unspecified atom stereocenters. The van der Waals surface area contributed by atoms with Crippen LogP contribution in [0, 0.1) is 12.5 Å². The number of nitrogens with one attached hydrogen (secondary N) is 1. The molecule has 0 amide bonds. The van der Waals surface area contributed by atoms with Gasteiger partial charge in [-0.05, 0) is 79.9 Å². The van der Waals surface area contributed by atoms with Crippen molar-refractivity contribution in [3.63, 3.8) is 0 Å². The van der Waals surface area contributed by atoms with Gasteiger partial charge in [0, 0.05) is 61.9 Å². The number of anilines is 1. The zero-order valence-corrected chi connectivity index (χ0v) is 26.1. The first kappa shape index (κ1) is 29.8. The van der Waals surface area contributed by atoms with Crippen LogP contribution >= 0.6 is 11.6 Å². The highest BCUT2D eigenvalue weighted by Gasteiger charge is 2.32. The summed E-state index contributed by atoms with van der Waals surface area (Å²) in [6.45, 7) is 22.1. The molecule has 226 valence electrons. The number of ether oxygens (including phenoxy) is 1. The van der Waals surface area contributed by atoms with Gasteiger partial charge in [0.25, 0.3) is 0 Å². The summed E-state index contributed by atoms with van der Waals surface area (Å²) in [5.74, 6) is 2.41. The number of hydrogen-bond donors (Lipinski definition) is 1. The van der Waals surface area contributed by atoms with Crippen molar-refractivity contribution in [3.8, 4) is 5.75 Å². The summed E-state index contributed by atoms with van der Waals surface area (Å²) >= 11 is 6.29. The molecule has 4 heterocycles. The fraction of sp³-hybridized carbons (Fsp3) is 0.500. The van der Waals surface area contributed by atoms with Gasteiger partial charge in [0.1, 0.15) is 12.4 Å². The number of likely N-dealkylation sites (tertiary alicyclic amines) is 1. The molecule has 2 atom stereocenters. The highest BCUT2D eigenvalue weighted by Crippen LogP contribution is 2.36. The van der Waals surface area contributed by atoms with Crippen LogP contribution in [0.5, 0.6) is 5.75 Å². The third-order valence-corrected chi connectivity index (χ3v) is 9.65. The molecule has 0 saturated carbocycles. The Bertz CT molecular complexity index is 1430. The first-order chi connectivity index (χ1) is 20.9. The molecule has 0 spiro atoms. The number of benzene rings is 2. The molecule has 3 aliphatic rings. The summed E-state index contributed by atoms with van der Waals surface area (Å²) < 4.78 is 6.12. The van der Waals surface area contributed by atoms with E-state index in [0.717, 1.165) is 60.6 Å². The Hall–Kier alpha value is -3.22. The van der Waals surface area contributed by atoms with Gasteiger partial charge in [-0.1, -0.05) is 43.6 Å². The Kier molecular flexibility index (Phi) is 9.15. The van der Waals surface area contributed by atoms with E-state index in [4.69, 9.17) is 27.9 Å². The molecule has 3 aliphatic heterocycles. The van der Waals surface area contributed by atoms with Crippen molar-refractivity contribution in [1.82, 2.24) is 25.1 Å². The molecule has 8 nitrogen and oxygen atoms in total. The Balaban J connectivity index is 1.00. The minimum absolute atomic E-state index is 0.307. The average molecular weight is 600 g/mol. The van der Waals surface area contributed by atoms with Gasteiger partial charge in [-0.3, -0.25) is 4.90 Å². The molecule has 1 N–H and O–H groups in total. The molecule has 3 fully saturated rings. The average Bonchev–Trinajstić information content (AvgIpc) is 3.73. The molecule has 3 aromatic rings. The number of hydrogen-bond acceptors (Lipinski definition) is 7. The second-order valence-electron chi connectivity index (χ2n) is 12.7. The van der Waals surface area contributed by atoms with Gasteiger partial charge in [-0.15, -0.1) is 0 Å². The van der Waals surface area contributed by atoms with Gasteiger partial charge in [0.15, 0.2) is 5.69 Å². The lowest BCUT2D eigenvalue weighted by Crippen LogP contribution is -2.51. The fourth-order valence-corrected chi connectivity index (χ4v) is 6.94. The zero-order valence-electron chi connectivity index (χ0n) is 25.3. The van der Waals surface area contributed by atoms with Crippen LogP contribution in [0.3, 0.4) is 0 Å². The molecule has 0 bridgehead atoms. The van der Waals surface area contributed by atoms with Crippen molar-refractivity contribution < 1.29 is 4.74 Å². The maximum absolute atomic E-state index is 7.37. The van der Waals surface area contributed by atoms with Gasteiger partial charge in [-0.25, -0.2) is 14.8 Å². The fourth-order valence-electron chi connectivity index (χ4n) is 6.71. The summed E-state index contributed by atoms with van der Waals surface area (Å²) in [5.41, 5.74) is 3.25. The summed E-state index contributed by atoms with van der Waals surface area (Å²) in [6, 6.07) is 16.3. The third-order valence-electron chi connectivity index (χ3n) is 9.44. The number of aromatic nitrogens is 2. The van der Waals surface area contributed by atoms with Crippen molar-refractivity contribution in [2.75, 3.05) is 63.8 Å². The molecule has 6 rings (SSSR count). The van der Waals surface area contributed by atoms with Gasteiger partial charge in [0.05, 0.1) is 12.3 Å². The third kappa shape index (κ3) is 7.13. The first-order valence-electron chi connectivity index (χ1n) is 15.5. The molecule has 43 heavy (non-hydrogen) atoms. The molecular formula is C34H42ClN7O. The molecule has 0 radical (unpaired) electrons. The Labute approximate surface area is 260 Å². The summed E-state index contributed by atoms with van der Waals surface area (Å²) in [5, 5.41) is 4.08. The van der Waals surface area contributed by atoms with E-state index >= 15 is 0 Å². The first-order valence-corrected chi connectivity index (χ1v) is 15.9. The van der Waals surface area contributed by atoms with E-state index in [0.29, 0.717) is 23.4 Å². The van der Waals surface area contributed by atoms with Crippen molar-refractivity contribution in [3.05, 3.63) is 88.0 Å². The van der Waals surface area contributed by atoms with Gasteiger partial charge in [-0.2, -0.15) is 0 Å². The van der Waals surface area contributed by atoms with Gasteiger partial charge < -0.3 is 19.9 Å². The van der Waals surface area contributed by atoms with E-state index in [1.807, 2.05) is 36.5 Å². The number of halogens is 1. The SMILES string of the molecule is [C-]#[N+]c1cc(Cl)cc(C(C)(C)c2ccc(OCc3ccnc(N4CCN(C5CCN(CC6CCNC6)C5)CC4)n3)cc2)c1. The van der Waals surface area contributed by atoms with E-state index < -0.39 is 0 Å². The Morgan fingerprint density at radius 1 is 1.02 bits per heavy atom. The maximum Gasteiger partial charge on any atom is 0.225 e. The Morgan fingerprint density at radius 2 is 1.84 bits per heavy atom. The van der Waals surface area contributed by atoms with Gasteiger partial charge in [0.2, 0.25) is 5.95 Å². The predicted octanol–water partition coefficient (Wildman–Crippen LogP) is 5.39. The van der Waals surface area contributed by atoms with Crippen LogP contribution in [0.2, 0.25) is 5.02 Å². The van der Waals surface area contributed by atoms with Gasteiger partial charge >= 0.3 is 0 Å². The molecule has 3 saturated heterocycles. The van der Waals surface area contributed by atoms with Crippen LogP contribution in [-0.4, -0.2) is 84.7 Å². The number of rotatable bonds is 9. The van der Waals surface area contributed by atoms with Crippen molar-refractivity contribution in [2.24, 2.45) is 5.92 Å². The molecule has 1 aromatic heterocycles. The standard InChI is InChI=1S/C34H42ClN7O/c1-34(2,27-18-28(35)20-30(19-27)36-3)26-4-6-32(7-5-26)43-24-29-9-12-38-33(39-29)42-16-14-41(15-17-42)31-10-13-40(23-31)22-25-8-11-37-21-25/h4-7,9,12,18-20,25,31,37H,8,10-11,13-17,21-24H2,1-2H3. The lowest BCUT2D eigenvalue weighted by Gasteiger charge is -2.38.